The smallest absolute Gasteiger partial charge is 0.328 e. The Labute approximate surface area is 134 Å². The Morgan fingerprint density at radius 2 is 2.09 bits per heavy atom. The van der Waals surface area contributed by atoms with Crippen molar-refractivity contribution in [1.82, 2.24) is 5.32 Å². The van der Waals surface area contributed by atoms with Crippen LogP contribution in [0.15, 0.2) is 36.9 Å². The van der Waals surface area contributed by atoms with E-state index in [0.29, 0.717) is 10.6 Å². The third kappa shape index (κ3) is 4.58. The molecule has 120 valence electrons. The number of hydrogen-bond acceptors (Lipinski definition) is 3. The van der Waals surface area contributed by atoms with Gasteiger partial charge in [-0.3, -0.25) is 4.79 Å². The van der Waals surface area contributed by atoms with Crippen molar-refractivity contribution < 1.29 is 19.4 Å². The highest BCUT2D eigenvalue weighted by Gasteiger charge is 2.34. The lowest BCUT2D eigenvalue weighted by atomic mass is 9.83. The third-order valence-electron chi connectivity index (χ3n) is 3.24. The number of hydrogen-bond donors (Lipinski definition) is 2. The molecule has 1 atom stereocenters. The second-order valence-corrected chi connectivity index (χ2v) is 5.70. The fraction of sp³-hybridized carbons (Fsp3) is 0.375. The van der Waals surface area contributed by atoms with E-state index in [1.165, 1.54) is 6.08 Å². The maximum atomic E-state index is 12.5. The molecule has 0 aliphatic carbocycles. The van der Waals surface area contributed by atoms with E-state index in [-0.39, 0.29) is 13.2 Å². The van der Waals surface area contributed by atoms with Gasteiger partial charge in [-0.2, -0.15) is 0 Å². The molecule has 1 amide bonds. The van der Waals surface area contributed by atoms with Crippen LogP contribution in [0.2, 0.25) is 5.02 Å². The lowest BCUT2D eigenvalue weighted by Gasteiger charge is -2.27. The van der Waals surface area contributed by atoms with E-state index in [2.05, 4.69) is 11.9 Å². The number of carboxylic acids is 1. The predicted octanol–water partition coefficient (Wildman–Crippen LogP) is 2.39. The zero-order valence-electron chi connectivity index (χ0n) is 12.6. The number of ether oxygens (including phenoxy) is 1. The Morgan fingerprint density at radius 1 is 1.45 bits per heavy atom. The average Bonchev–Trinajstić information content (AvgIpc) is 2.46. The number of carboxylic acid groups (broad SMARTS) is 1. The van der Waals surface area contributed by atoms with Gasteiger partial charge in [-0.05, 0) is 25.5 Å². The summed E-state index contributed by atoms with van der Waals surface area (Å²) in [6.45, 7) is 6.94. The summed E-state index contributed by atoms with van der Waals surface area (Å²) in [6.07, 6.45) is 1.51. The zero-order chi connectivity index (χ0) is 16.8. The standard InChI is InChI=1S/C16H20ClNO4/c1-4-9-22-10-13(14(19)20)18-15(21)16(2,3)11-7-5-6-8-12(11)17/h4-8,13H,1,9-10H2,2-3H3,(H,18,21)(H,19,20). The molecule has 1 rings (SSSR count). The Bertz CT molecular complexity index is 557. The molecule has 5 nitrogen and oxygen atoms in total. The molecule has 1 aromatic carbocycles. The van der Waals surface area contributed by atoms with Crippen LogP contribution in [-0.2, 0) is 19.7 Å². The quantitative estimate of drug-likeness (QED) is 0.568. The normalized spacial score (nSPS) is 12.5. The second kappa shape index (κ2) is 7.96. The summed E-state index contributed by atoms with van der Waals surface area (Å²) >= 11 is 6.12. The molecule has 0 spiro atoms. The van der Waals surface area contributed by atoms with Gasteiger partial charge >= 0.3 is 5.97 Å². The van der Waals surface area contributed by atoms with E-state index in [4.69, 9.17) is 21.4 Å². The first-order valence-electron chi connectivity index (χ1n) is 6.78. The first kappa shape index (κ1) is 18.2. The molecule has 0 heterocycles. The van der Waals surface area contributed by atoms with Crippen molar-refractivity contribution in [3.63, 3.8) is 0 Å². The highest BCUT2D eigenvalue weighted by Crippen LogP contribution is 2.29. The summed E-state index contributed by atoms with van der Waals surface area (Å²) in [7, 11) is 0. The summed E-state index contributed by atoms with van der Waals surface area (Å²) in [4.78, 5) is 23.7. The predicted molar refractivity (Wildman–Crippen MR) is 85.1 cm³/mol. The van der Waals surface area contributed by atoms with Gasteiger partial charge in [0.1, 0.15) is 0 Å². The fourth-order valence-corrected chi connectivity index (χ4v) is 2.24. The van der Waals surface area contributed by atoms with Gasteiger partial charge in [-0.25, -0.2) is 4.79 Å². The number of amides is 1. The molecule has 1 unspecified atom stereocenters. The van der Waals surface area contributed by atoms with E-state index >= 15 is 0 Å². The first-order chi connectivity index (χ1) is 10.3. The molecule has 1 aromatic rings. The Balaban J connectivity index is 2.86. The van der Waals surface area contributed by atoms with Crippen LogP contribution >= 0.6 is 11.6 Å². The van der Waals surface area contributed by atoms with E-state index in [1.54, 1.807) is 38.1 Å². The van der Waals surface area contributed by atoms with E-state index < -0.39 is 23.3 Å². The highest BCUT2D eigenvalue weighted by molar-refractivity contribution is 6.31. The van der Waals surface area contributed by atoms with Crippen molar-refractivity contribution in [3.8, 4) is 0 Å². The second-order valence-electron chi connectivity index (χ2n) is 5.30. The number of rotatable bonds is 8. The minimum absolute atomic E-state index is 0.133. The minimum Gasteiger partial charge on any atom is -0.480 e. The molecule has 22 heavy (non-hydrogen) atoms. The van der Waals surface area contributed by atoms with E-state index in [9.17, 15) is 9.59 Å². The van der Waals surface area contributed by atoms with Crippen LogP contribution in [0.25, 0.3) is 0 Å². The minimum atomic E-state index is -1.16. The average molecular weight is 326 g/mol. The van der Waals surface area contributed by atoms with Gasteiger partial charge in [0.25, 0.3) is 0 Å². The van der Waals surface area contributed by atoms with Gasteiger partial charge < -0.3 is 15.2 Å². The number of aliphatic carboxylic acids is 1. The van der Waals surface area contributed by atoms with Gasteiger partial charge in [-0.1, -0.05) is 35.9 Å². The first-order valence-corrected chi connectivity index (χ1v) is 7.16. The third-order valence-corrected chi connectivity index (χ3v) is 3.57. The van der Waals surface area contributed by atoms with Crippen molar-refractivity contribution in [2.24, 2.45) is 0 Å². The van der Waals surface area contributed by atoms with Gasteiger partial charge in [0.2, 0.25) is 5.91 Å². The summed E-state index contributed by atoms with van der Waals surface area (Å²) in [5, 5.41) is 12.1. The largest absolute Gasteiger partial charge is 0.480 e. The number of carbonyl (C=O) groups excluding carboxylic acids is 1. The molecule has 0 aliphatic rings. The molecule has 2 N–H and O–H groups in total. The maximum Gasteiger partial charge on any atom is 0.328 e. The molecule has 0 aromatic heterocycles. The Morgan fingerprint density at radius 3 is 2.64 bits per heavy atom. The van der Waals surface area contributed by atoms with Gasteiger partial charge in [-0.15, -0.1) is 6.58 Å². The van der Waals surface area contributed by atoms with Crippen LogP contribution in [0.4, 0.5) is 0 Å². The van der Waals surface area contributed by atoms with Crippen LogP contribution in [0.3, 0.4) is 0 Å². The van der Waals surface area contributed by atoms with Crippen LogP contribution < -0.4 is 5.32 Å². The molecule has 0 saturated carbocycles. The van der Waals surface area contributed by atoms with Crippen LogP contribution in [0.1, 0.15) is 19.4 Å². The summed E-state index contributed by atoms with van der Waals surface area (Å²) < 4.78 is 5.11. The lowest BCUT2D eigenvalue weighted by Crippen LogP contribution is -2.50. The molecular formula is C16H20ClNO4. The van der Waals surface area contributed by atoms with Crippen LogP contribution in [0.5, 0.6) is 0 Å². The van der Waals surface area contributed by atoms with Crippen molar-refractivity contribution in [1.29, 1.82) is 0 Å². The topological polar surface area (TPSA) is 75.6 Å². The van der Waals surface area contributed by atoms with Crippen molar-refractivity contribution in [2.75, 3.05) is 13.2 Å². The number of benzene rings is 1. The Hall–Kier alpha value is -1.85. The number of halogens is 1. The number of carbonyl (C=O) groups is 2. The monoisotopic (exact) mass is 325 g/mol. The highest BCUT2D eigenvalue weighted by atomic mass is 35.5. The lowest BCUT2D eigenvalue weighted by molar-refractivity contribution is -0.144. The summed E-state index contributed by atoms with van der Waals surface area (Å²) in [6, 6.07) is 5.84. The van der Waals surface area contributed by atoms with Gasteiger partial charge in [0.15, 0.2) is 6.04 Å². The molecule has 6 heteroatoms. The van der Waals surface area contributed by atoms with Crippen molar-refractivity contribution >= 4 is 23.5 Å². The van der Waals surface area contributed by atoms with Gasteiger partial charge in [0.05, 0.1) is 18.6 Å². The van der Waals surface area contributed by atoms with Gasteiger partial charge in [0, 0.05) is 5.02 Å². The molecular weight excluding hydrogens is 306 g/mol. The SMILES string of the molecule is C=CCOCC(NC(=O)C(C)(C)c1ccccc1Cl)C(=O)O. The van der Waals surface area contributed by atoms with Crippen molar-refractivity contribution in [3.05, 3.63) is 47.5 Å². The molecule has 0 radical (unpaired) electrons. The summed E-state index contributed by atoms with van der Waals surface area (Å²) in [5.41, 5.74) is -0.338. The Kier molecular flexibility index (Phi) is 6.59. The molecule has 0 aliphatic heterocycles. The zero-order valence-corrected chi connectivity index (χ0v) is 13.4. The fourth-order valence-electron chi connectivity index (χ4n) is 1.87. The van der Waals surface area contributed by atoms with Crippen LogP contribution in [0, 0.1) is 0 Å². The van der Waals surface area contributed by atoms with Crippen LogP contribution in [-0.4, -0.2) is 36.2 Å². The van der Waals surface area contributed by atoms with E-state index in [0.717, 1.165) is 0 Å². The maximum absolute atomic E-state index is 12.5. The van der Waals surface area contributed by atoms with E-state index in [1.807, 2.05) is 0 Å². The molecule has 0 bridgehead atoms. The summed E-state index contributed by atoms with van der Waals surface area (Å²) in [5.74, 6) is -1.59. The molecule has 0 fully saturated rings. The number of nitrogens with one attached hydrogen (secondary N) is 1. The van der Waals surface area contributed by atoms with Crippen molar-refractivity contribution in [2.45, 2.75) is 25.3 Å². The molecule has 0 saturated heterocycles.